The first kappa shape index (κ1) is 17.8. The molecule has 24 heavy (non-hydrogen) atoms. The summed E-state index contributed by atoms with van der Waals surface area (Å²) in [6.45, 7) is 1.98. The number of hydrogen-bond acceptors (Lipinski definition) is 6. The second-order valence-corrected chi connectivity index (χ2v) is 6.74. The number of rotatable bonds is 6. The average Bonchev–Trinajstić information content (AvgIpc) is 3.10. The molecule has 0 saturated carbocycles. The van der Waals surface area contributed by atoms with Gasteiger partial charge in [0.05, 0.1) is 6.61 Å². The first-order valence-corrected chi connectivity index (χ1v) is 9.05. The summed E-state index contributed by atoms with van der Waals surface area (Å²) in [6, 6.07) is 1.54. The van der Waals surface area contributed by atoms with Gasteiger partial charge < -0.3 is 8.92 Å². The van der Waals surface area contributed by atoms with Crippen molar-refractivity contribution in [2.24, 2.45) is 0 Å². The SMILES string of the molecule is CSOC[C@@]12CCCN1[C@H](COc1ccnc(C(F)(F)F)n1)CC2. The molecule has 134 valence electrons. The van der Waals surface area contributed by atoms with E-state index in [0.29, 0.717) is 13.2 Å². The summed E-state index contributed by atoms with van der Waals surface area (Å²) in [5.74, 6) is -1.20. The molecule has 3 heterocycles. The first-order chi connectivity index (χ1) is 11.4. The van der Waals surface area contributed by atoms with Gasteiger partial charge in [0.25, 0.3) is 0 Å². The van der Waals surface area contributed by atoms with Crippen LogP contribution < -0.4 is 4.74 Å². The Morgan fingerprint density at radius 2 is 2.25 bits per heavy atom. The highest BCUT2D eigenvalue weighted by molar-refractivity contribution is 7.93. The van der Waals surface area contributed by atoms with Gasteiger partial charge in [0, 0.05) is 30.1 Å². The molecule has 5 nitrogen and oxygen atoms in total. The molecule has 2 aliphatic rings. The maximum atomic E-state index is 12.6. The van der Waals surface area contributed by atoms with E-state index in [2.05, 4.69) is 14.9 Å². The molecule has 0 bridgehead atoms. The lowest BCUT2D eigenvalue weighted by molar-refractivity contribution is -0.145. The van der Waals surface area contributed by atoms with Crippen LogP contribution in [0.4, 0.5) is 13.2 Å². The van der Waals surface area contributed by atoms with Gasteiger partial charge in [-0.25, -0.2) is 4.98 Å². The van der Waals surface area contributed by atoms with Gasteiger partial charge in [0.2, 0.25) is 11.7 Å². The second-order valence-electron chi connectivity index (χ2n) is 6.17. The summed E-state index contributed by atoms with van der Waals surface area (Å²) in [5.41, 5.74) is 0.0554. The van der Waals surface area contributed by atoms with Crippen molar-refractivity contribution in [1.82, 2.24) is 14.9 Å². The number of halogens is 3. The van der Waals surface area contributed by atoms with Crippen LogP contribution in [-0.4, -0.2) is 52.5 Å². The molecule has 0 unspecified atom stereocenters. The monoisotopic (exact) mass is 363 g/mol. The Bertz CT molecular complexity index is 575. The van der Waals surface area contributed by atoms with Gasteiger partial charge in [-0.2, -0.15) is 18.2 Å². The molecule has 0 aliphatic carbocycles. The molecule has 2 atom stereocenters. The van der Waals surface area contributed by atoms with Crippen molar-refractivity contribution in [3.05, 3.63) is 18.1 Å². The summed E-state index contributed by atoms with van der Waals surface area (Å²) >= 11 is 1.37. The van der Waals surface area contributed by atoms with E-state index in [0.717, 1.165) is 38.4 Å². The van der Waals surface area contributed by atoms with Gasteiger partial charge in [-0.05, 0) is 44.3 Å². The average molecular weight is 363 g/mol. The normalized spacial score (nSPS) is 27.4. The van der Waals surface area contributed by atoms with Crippen LogP contribution in [0.3, 0.4) is 0 Å². The standard InChI is InChI=1S/C15H20F3N3O2S/c1-24-23-10-14-5-2-8-21(14)11(3-6-14)9-22-12-4-7-19-13(20-12)15(16,17)18/h4,7,11H,2-3,5-6,8-10H2,1H3/t11-,14-/m0/s1. The highest BCUT2D eigenvalue weighted by Gasteiger charge is 2.49. The quantitative estimate of drug-likeness (QED) is 0.724. The fourth-order valence-corrected chi connectivity index (χ4v) is 4.04. The number of hydrogen-bond donors (Lipinski definition) is 0. The molecule has 0 aromatic carbocycles. The van der Waals surface area contributed by atoms with Crippen LogP contribution in [0.25, 0.3) is 0 Å². The summed E-state index contributed by atoms with van der Waals surface area (Å²) in [4.78, 5) is 9.09. The number of fused-ring (bicyclic) bond motifs is 1. The van der Waals surface area contributed by atoms with E-state index in [1.807, 2.05) is 6.26 Å². The molecule has 0 N–H and O–H groups in total. The largest absolute Gasteiger partial charge is 0.476 e. The van der Waals surface area contributed by atoms with Crippen LogP contribution in [-0.2, 0) is 10.4 Å². The summed E-state index contributed by atoms with van der Waals surface area (Å²) < 4.78 is 49.1. The van der Waals surface area contributed by atoms with Crippen molar-refractivity contribution < 1.29 is 22.1 Å². The van der Waals surface area contributed by atoms with E-state index < -0.39 is 12.0 Å². The van der Waals surface area contributed by atoms with Crippen LogP contribution in [0.2, 0.25) is 0 Å². The zero-order chi connectivity index (χ0) is 17.2. The number of ether oxygens (including phenoxy) is 1. The third-order valence-electron chi connectivity index (χ3n) is 4.79. The Morgan fingerprint density at radius 1 is 1.42 bits per heavy atom. The van der Waals surface area contributed by atoms with Crippen molar-refractivity contribution in [2.75, 3.05) is 26.0 Å². The molecule has 9 heteroatoms. The molecule has 0 amide bonds. The molecule has 3 rings (SSSR count). The summed E-state index contributed by atoms with van der Waals surface area (Å²) in [5, 5.41) is 0. The van der Waals surface area contributed by atoms with E-state index in [4.69, 9.17) is 8.92 Å². The lowest BCUT2D eigenvalue weighted by atomic mass is 9.95. The molecule has 2 fully saturated rings. The highest BCUT2D eigenvalue weighted by Crippen LogP contribution is 2.43. The fraction of sp³-hybridized carbons (Fsp3) is 0.733. The van der Waals surface area contributed by atoms with Gasteiger partial charge in [0.1, 0.15) is 6.61 Å². The minimum atomic E-state index is -4.56. The van der Waals surface area contributed by atoms with Crippen molar-refractivity contribution in [3.8, 4) is 5.88 Å². The molecule has 0 radical (unpaired) electrons. The molecule has 1 aromatic rings. The summed E-state index contributed by atoms with van der Waals surface area (Å²) in [7, 11) is 0. The summed E-state index contributed by atoms with van der Waals surface area (Å²) in [6.07, 6.45) is 2.60. The van der Waals surface area contributed by atoms with Crippen molar-refractivity contribution in [2.45, 2.75) is 43.4 Å². The zero-order valence-electron chi connectivity index (χ0n) is 13.4. The van der Waals surface area contributed by atoms with Crippen molar-refractivity contribution in [3.63, 3.8) is 0 Å². The van der Waals surface area contributed by atoms with Crippen LogP contribution in [0.1, 0.15) is 31.5 Å². The highest BCUT2D eigenvalue weighted by atomic mass is 32.2. The molecular weight excluding hydrogens is 343 g/mol. The lowest BCUT2D eigenvalue weighted by Crippen LogP contribution is -2.47. The number of nitrogens with zero attached hydrogens (tertiary/aromatic N) is 3. The lowest BCUT2D eigenvalue weighted by Gasteiger charge is -2.34. The number of alkyl halides is 3. The minimum absolute atomic E-state index is 0.0330. The van der Waals surface area contributed by atoms with Crippen LogP contribution in [0, 0.1) is 0 Å². The van der Waals surface area contributed by atoms with Gasteiger partial charge in [-0.3, -0.25) is 4.90 Å². The third-order valence-corrected chi connectivity index (χ3v) is 5.14. The van der Waals surface area contributed by atoms with Crippen LogP contribution in [0.15, 0.2) is 12.3 Å². The molecular formula is C15H20F3N3O2S. The van der Waals surface area contributed by atoms with Crippen LogP contribution >= 0.6 is 12.0 Å². The predicted octanol–water partition coefficient (Wildman–Crippen LogP) is 3.17. The Balaban J connectivity index is 1.62. The second kappa shape index (κ2) is 7.05. The van der Waals surface area contributed by atoms with E-state index in [9.17, 15) is 13.2 Å². The smallest absolute Gasteiger partial charge is 0.451 e. The van der Waals surface area contributed by atoms with E-state index >= 15 is 0 Å². The Morgan fingerprint density at radius 3 is 3.00 bits per heavy atom. The molecule has 2 saturated heterocycles. The first-order valence-electron chi connectivity index (χ1n) is 7.90. The number of aromatic nitrogens is 2. The fourth-order valence-electron chi connectivity index (χ4n) is 3.70. The molecule has 1 aromatic heterocycles. The van der Waals surface area contributed by atoms with Gasteiger partial charge in [0.15, 0.2) is 0 Å². The van der Waals surface area contributed by atoms with Gasteiger partial charge in [-0.1, -0.05) is 0 Å². The van der Waals surface area contributed by atoms with E-state index in [-0.39, 0.29) is 17.5 Å². The molecule has 2 aliphatic heterocycles. The topological polar surface area (TPSA) is 47.5 Å². The molecule has 0 spiro atoms. The van der Waals surface area contributed by atoms with Gasteiger partial charge >= 0.3 is 6.18 Å². The third kappa shape index (κ3) is 3.62. The van der Waals surface area contributed by atoms with Crippen LogP contribution in [0.5, 0.6) is 5.88 Å². The van der Waals surface area contributed by atoms with E-state index in [1.165, 1.54) is 18.1 Å². The minimum Gasteiger partial charge on any atom is -0.476 e. The Kier molecular flexibility index (Phi) is 5.22. The Hall–Kier alpha value is -1.06. The van der Waals surface area contributed by atoms with Crippen molar-refractivity contribution >= 4 is 12.0 Å². The zero-order valence-corrected chi connectivity index (χ0v) is 14.2. The van der Waals surface area contributed by atoms with Crippen molar-refractivity contribution in [1.29, 1.82) is 0 Å². The Labute approximate surface area is 143 Å². The van der Waals surface area contributed by atoms with Gasteiger partial charge in [-0.15, -0.1) is 0 Å². The predicted molar refractivity (Wildman–Crippen MR) is 83.7 cm³/mol. The maximum Gasteiger partial charge on any atom is 0.451 e. The van der Waals surface area contributed by atoms with E-state index in [1.54, 1.807) is 0 Å². The maximum absolute atomic E-state index is 12.6.